The molecule has 1 atom stereocenters. The molecule has 0 saturated heterocycles. The number of rotatable bonds is 8. The predicted octanol–water partition coefficient (Wildman–Crippen LogP) is 1.28. The molecule has 5 nitrogen and oxygen atoms in total. The number of nitrogens with one attached hydrogen (secondary N) is 1. The number of methoxy groups -OCH3 is 1. The fourth-order valence-corrected chi connectivity index (χ4v) is 1.61. The van der Waals surface area contributed by atoms with Gasteiger partial charge in [0, 0.05) is 13.7 Å². The quantitative estimate of drug-likeness (QED) is 0.709. The van der Waals surface area contributed by atoms with Crippen LogP contribution >= 0.6 is 12.4 Å². The number of halogens is 1. The Labute approximate surface area is 126 Å². The average Bonchev–Trinajstić information content (AvgIpc) is 2.42. The van der Waals surface area contributed by atoms with Gasteiger partial charge in [0.15, 0.2) is 0 Å². The molecular formula is C14H23ClN2O3. The van der Waals surface area contributed by atoms with Crippen molar-refractivity contribution in [1.29, 1.82) is 0 Å². The van der Waals surface area contributed by atoms with E-state index >= 15 is 0 Å². The third-order valence-electron chi connectivity index (χ3n) is 2.78. The Morgan fingerprint density at radius 1 is 1.40 bits per heavy atom. The maximum absolute atomic E-state index is 11.5. The lowest BCUT2D eigenvalue weighted by molar-refractivity contribution is -0.123. The van der Waals surface area contributed by atoms with E-state index in [2.05, 4.69) is 5.32 Å². The number of aryl methyl sites for hydroxylation is 1. The van der Waals surface area contributed by atoms with Crippen LogP contribution in [-0.4, -0.2) is 38.8 Å². The number of ether oxygens (including phenoxy) is 2. The third-order valence-corrected chi connectivity index (χ3v) is 2.78. The second kappa shape index (κ2) is 10.5. The summed E-state index contributed by atoms with van der Waals surface area (Å²) >= 11 is 0. The van der Waals surface area contributed by atoms with Crippen LogP contribution in [0.3, 0.4) is 0 Å². The first-order valence-electron chi connectivity index (χ1n) is 6.35. The normalized spacial score (nSPS) is 11.3. The summed E-state index contributed by atoms with van der Waals surface area (Å²) in [7, 11) is 1.55. The van der Waals surface area contributed by atoms with Gasteiger partial charge in [0.05, 0.1) is 19.1 Å². The summed E-state index contributed by atoms with van der Waals surface area (Å²) in [5, 5.41) is 2.77. The molecule has 1 aromatic carbocycles. The van der Waals surface area contributed by atoms with E-state index in [-0.39, 0.29) is 30.8 Å². The molecule has 1 aromatic rings. The first-order chi connectivity index (χ1) is 9.17. The molecule has 0 radical (unpaired) electrons. The van der Waals surface area contributed by atoms with Gasteiger partial charge in [-0.25, -0.2) is 0 Å². The van der Waals surface area contributed by atoms with E-state index in [0.717, 1.165) is 11.3 Å². The van der Waals surface area contributed by atoms with Crippen LogP contribution in [0.15, 0.2) is 24.3 Å². The summed E-state index contributed by atoms with van der Waals surface area (Å²) in [6, 6.07) is 7.78. The second-order valence-electron chi connectivity index (χ2n) is 4.26. The second-order valence-corrected chi connectivity index (χ2v) is 4.26. The van der Waals surface area contributed by atoms with Crippen molar-refractivity contribution < 1.29 is 14.3 Å². The highest BCUT2D eigenvalue weighted by molar-refractivity contribution is 5.85. The topological polar surface area (TPSA) is 73.6 Å². The van der Waals surface area contributed by atoms with Gasteiger partial charge in [0.1, 0.15) is 12.4 Å². The molecule has 0 spiro atoms. The number of hydrogen-bond acceptors (Lipinski definition) is 4. The Morgan fingerprint density at radius 2 is 2.10 bits per heavy atom. The Hall–Kier alpha value is -1.30. The van der Waals surface area contributed by atoms with Gasteiger partial charge in [-0.2, -0.15) is 0 Å². The Balaban J connectivity index is 0.00000361. The van der Waals surface area contributed by atoms with Crippen LogP contribution in [-0.2, 0) is 9.53 Å². The molecule has 1 amide bonds. The highest BCUT2D eigenvalue weighted by Crippen LogP contribution is 2.15. The van der Waals surface area contributed by atoms with Crippen LogP contribution in [0.25, 0.3) is 0 Å². The van der Waals surface area contributed by atoms with E-state index in [9.17, 15) is 4.79 Å². The molecule has 6 heteroatoms. The largest absolute Gasteiger partial charge is 0.491 e. The molecule has 0 fully saturated rings. The third kappa shape index (κ3) is 6.75. The van der Waals surface area contributed by atoms with Crippen LogP contribution in [0.4, 0.5) is 0 Å². The van der Waals surface area contributed by atoms with Crippen LogP contribution in [0.2, 0.25) is 0 Å². The SMILES string of the molecule is COC(CN)CC(=O)NCCOc1ccccc1C.Cl. The van der Waals surface area contributed by atoms with Crippen molar-refractivity contribution in [1.82, 2.24) is 5.32 Å². The number of benzene rings is 1. The summed E-state index contributed by atoms with van der Waals surface area (Å²) in [5.41, 5.74) is 6.53. The van der Waals surface area contributed by atoms with Crippen molar-refractivity contribution in [2.75, 3.05) is 26.8 Å². The van der Waals surface area contributed by atoms with E-state index in [1.54, 1.807) is 7.11 Å². The zero-order valence-corrected chi connectivity index (χ0v) is 12.7. The number of carbonyl (C=O) groups excluding carboxylic acids is 1. The van der Waals surface area contributed by atoms with Gasteiger partial charge in [-0.1, -0.05) is 18.2 Å². The van der Waals surface area contributed by atoms with Crippen molar-refractivity contribution in [3.8, 4) is 5.75 Å². The minimum Gasteiger partial charge on any atom is -0.491 e. The molecule has 0 aliphatic heterocycles. The first-order valence-corrected chi connectivity index (χ1v) is 6.35. The summed E-state index contributed by atoms with van der Waals surface area (Å²) in [5.74, 6) is 0.763. The molecule has 3 N–H and O–H groups in total. The first kappa shape index (κ1) is 18.7. The molecule has 0 aliphatic carbocycles. The number of para-hydroxylation sites is 1. The van der Waals surface area contributed by atoms with Gasteiger partial charge >= 0.3 is 0 Å². The molecule has 20 heavy (non-hydrogen) atoms. The number of amides is 1. The molecule has 1 unspecified atom stereocenters. The smallest absolute Gasteiger partial charge is 0.222 e. The van der Waals surface area contributed by atoms with Crippen molar-refractivity contribution in [2.45, 2.75) is 19.4 Å². The highest BCUT2D eigenvalue weighted by atomic mass is 35.5. The molecule has 0 heterocycles. The molecule has 1 rings (SSSR count). The minimum absolute atomic E-state index is 0. The van der Waals surface area contributed by atoms with Gasteiger partial charge in [0.25, 0.3) is 0 Å². The molecule has 0 aliphatic rings. The lowest BCUT2D eigenvalue weighted by Gasteiger charge is -2.13. The van der Waals surface area contributed by atoms with Crippen molar-refractivity contribution >= 4 is 18.3 Å². The van der Waals surface area contributed by atoms with Gasteiger partial charge in [0.2, 0.25) is 5.91 Å². The van der Waals surface area contributed by atoms with E-state index in [1.807, 2.05) is 31.2 Å². The van der Waals surface area contributed by atoms with E-state index in [4.69, 9.17) is 15.2 Å². The van der Waals surface area contributed by atoms with E-state index in [0.29, 0.717) is 19.7 Å². The zero-order valence-electron chi connectivity index (χ0n) is 11.9. The maximum Gasteiger partial charge on any atom is 0.222 e. The van der Waals surface area contributed by atoms with Crippen LogP contribution in [0.1, 0.15) is 12.0 Å². The van der Waals surface area contributed by atoms with E-state index in [1.165, 1.54) is 0 Å². The Kier molecular flexibility index (Phi) is 9.80. The Morgan fingerprint density at radius 3 is 2.70 bits per heavy atom. The molecule has 114 valence electrons. The van der Waals surface area contributed by atoms with Crippen LogP contribution in [0.5, 0.6) is 5.75 Å². The monoisotopic (exact) mass is 302 g/mol. The number of hydrogen-bond donors (Lipinski definition) is 2. The van der Waals surface area contributed by atoms with Crippen LogP contribution < -0.4 is 15.8 Å². The molecular weight excluding hydrogens is 280 g/mol. The molecule has 0 aromatic heterocycles. The van der Waals surface area contributed by atoms with Crippen LogP contribution in [0, 0.1) is 6.92 Å². The van der Waals surface area contributed by atoms with Gasteiger partial charge in [-0.05, 0) is 18.6 Å². The average molecular weight is 303 g/mol. The lowest BCUT2D eigenvalue weighted by Crippen LogP contribution is -2.34. The summed E-state index contributed by atoms with van der Waals surface area (Å²) < 4.78 is 10.6. The molecule has 0 bridgehead atoms. The molecule has 0 saturated carbocycles. The van der Waals surface area contributed by atoms with Gasteiger partial charge in [-0.15, -0.1) is 12.4 Å². The summed E-state index contributed by atoms with van der Waals surface area (Å²) in [4.78, 5) is 11.5. The number of carbonyl (C=O) groups is 1. The van der Waals surface area contributed by atoms with Crippen molar-refractivity contribution in [2.24, 2.45) is 5.73 Å². The maximum atomic E-state index is 11.5. The highest BCUT2D eigenvalue weighted by Gasteiger charge is 2.10. The van der Waals surface area contributed by atoms with E-state index < -0.39 is 0 Å². The fraction of sp³-hybridized carbons (Fsp3) is 0.500. The summed E-state index contributed by atoms with van der Waals surface area (Å²) in [6.07, 6.45) is 0.0504. The van der Waals surface area contributed by atoms with Crippen molar-refractivity contribution in [3.63, 3.8) is 0 Å². The summed E-state index contributed by atoms with van der Waals surface area (Å²) in [6.45, 7) is 3.23. The lowest BCUT2D eigenvalue weighted by atomic mass is 10.2. The predicted molar refractivity (Wildman–Crippen MR) is 81.4 cm³/mol. The van der Waals surface area contributed by atoms with Gasteiger partial charge in [-0.3, -0.25) is 4.79 Å². The zero-order chi connectivity index (χ0) is 14.1. The number of nitrogens with two attached hydrogens (primary N) is 1. The minimum atomic E-state index is -0.225. The Bertz CT molecular complexity index is 398. The van der Waals surface area contributed by atoms with Crippen molar-refractivity contribution in [3.05, 3.63) is 29.8 Å². The standard InChI is InChI=1S/C14H22N2O3.ClH/c1-11-5-3-4-6-13(11)19-8-7-16-14(17)9-12(10-15)18-2;/h3-6,12H,7-10,15H2,1-2H3,(H,16,17);1H. The fourth-order valence-electron chi connectivity index (χ4n) is 1.61. The van der Waals surface area contributed by atoms with Gasteiger partial charge < -0.3 is 20.5 Å².